The number of benzene rings is 2. The zero-order valence-electron chi connectivity index (χ0n) is 20.0. The van der Waals surface area contributed by atoms with Crippen molar-refractivity contribution in [1.29, 1.82) is 0 Å². The molecule has 1 aliphatic rings. The van der Waals surface area contributed by atoms with Gasteiger partial charge >= 0.3 is 11.7 Å². The average molecular weight is 514 g/mol. The summed E-state index contributed by atoms with van der Waals surface area (Å²) in [6.45, 7) is 3.73. The van der Waals surface area contributed by atoms with Gasteiger partial charge < -0.3 is 24.7 Å². The molecule has 1 aromatic heterocycles. The second kappa shape index (κ2) is 11.2. The standard InChI is InChI=1S/C26H28ClN3O6/c1-17(31)35-21-22(34-15-19-11-7-4-8-12-19)26(2,16-33-14-18-9-5-3-6-10-18)36-24(21)30-13-20(27)23(28)29-25(30)32/h3-13,21-22,24H,14-16H2,1-2H3,(H2,28,29,32)/t21-,22+,24-,26-/m1/s1. The van der Waals surface area contributed by atoms with Crippen molar-refractivity contribution in [3.63, 3.8) is 0 Å². The number of rotatable bonds is 9. The van der Waals surface area contributed by atoms with Crippen LogP contribution in [-0.4, -0.2) is 39.9 Å². The second-order valence-electron chi connectivity index (χ2n) is 8.75. The molecule has 2 aromatic carbocycles. The predicted molar refractivity (Wildman–Crippen MR) is 133 cm³/mol. The number of hydrogen-bond acceptors (Lipinski definition) is 8. The first-order chi connectivity index (χ1) is 17.3. The van der Waals surface area contributed by atoms with Gasteiger partial charge in [0, 0.05) is 13.1 Å². The number of esters is 1. The summed E-state index contributed by atoms with van der Waals surface area (Å²) in [6, 6.07) is 19.2. The van der Waals surface area contributed by atoms with E-state index in [1.165, 1.54) is 13.1 Å². The molecule has 0 bridgehead atoms. The molecule has 9 nitrogen and oxygen atoms in total. The van der Waals surface area contributed by atoms with Crippen LogP contribution in [0.5, 0.6) is 0 Å². The average Bonchev–Trinajstić information content (AvgIpc) is 3.12. The molecule has 2 heterocycles. The van der Waals surface area contributed by atoms with Crippen molar-refractivity contribution in [2.24, 2.45) is 0 Å². The van der Waals surface area contributed by atoms with Crippen LogP contribution in [0.2, 0.25) is 5.02 Å². The molecular weight excluding hydrogens is 486 g/mol. The molecular formula is C26H28ClN3O6. The maximum Gasteiger partial charge on any atom is 0.351 e. The fourth-order valence-corrected chi connectivity index (χ4v) is 4.31. The van der Waals surface area contributed by atoms with Crippen molar-refractivity contribution in [1.82, 2.24) is 9.55 Å². The smallest absolute Gasteiger partial charge is 0.351 e. The van der Waals surface area contributed by atoms with Crippen molar-refractivity contribution in [2.75, 3.05) is 12.3 Å². The molecule has 1 fully saturated rings. The molecule has 0 unspecified atom stereocenters. The Morgan fingerprint density at radius 3 is 2.33 bits per heavy atom. The summed E-state index contributed by atoms with van der Waals surface area (Å²) >= 11 is 6.15. The zero-order chi connectivity index (χ0) is 25.7. The van der Waals surface area contributed by atoms with Gasteiger partial charge in [-0.25, -0.2) is 4.79 Å². The van der Waals surface area contributed by atoms with E-state index in [-0.39, 0.29) is 24.1 Å². The van der Waals surface area contributed by atoms with Crippen LogP contribution in [0.3, 0.4) is 0 Å². The van der Waals surface area contributed by atoms with Gasteiger partial charge in [0.15, 0.2) is 12.3 Å². The summed E-state index contributed by atoms with van der Waals surface area (Å²) < 4.78 is 25.5. The highest BCUT2D eigenvalue weighted by molar-refractivity contribution is 6.32. The monoisotopic (exact) mass is 513 g/mol. The highest BCUT2D eigenvalue weighted by Gasteiger charge is 2.56. The molecule has 190 valence electrons. The Morgan fingerprint density at radius 2 is 1.72 bits per heavy atom. The Bertz CT molecular complexity index is 1240. The SMILES string of the molecule is CC(=O)O[C@H]1[C@H](n2cc(Cl)c(N)nc2=O)O[C@](C)(COCc2ccccc2)[C@H]1OCc1ccccc1. The van der Waals surface area contributed by atoms with Crippen LogP contribution in [0.25, 0.3) is 0 Å². The maximum absolute atomic E-state index is 12.7. The van der Waals surface area contributed by atoms with Crippen LogP contribution in [0.4, 0.5) is 5.82 Å². The Balaban J connectivity index is 1.65. The summed E-state index contributed by atoms with van der Waals surface area (Å²) in [5.41, 5.74) is 5.80. The Hall–Kier alpha value is -3.24. The van der Waals surface area contributed by atoms with E-state index in [0.717, 1.165) is 15.7 Å². The minimum absolute atomic E-state index is 0.0652. The minimum Gasteiger partial charge on any atom is -0.455 e. The van der Waals surface area contributed by atoms with E-state index in [9.17, 15) is 9.59 Å². The highest BCUT2D eigenvalue weighted by atomic mass is 35.5. The number of ether oxygens (including phenoxy) is 4. The van der Waals surface area contributed by atoms with Crippen molar-refractivity contribution in [2.45, 2.75) is 51.1 Å². The number of hydrogen-bond donors (Lipinski definition) is 1. The number of nitrogens with two attached hydrogens (primary N) is 1. The third-order valence-corrected chi connectivity index (χ3v) is 6.15. The first kappa shape index (κ1) is 25.8. The predicted octanol–water partition coefficient (Wildman–Crippen LogP) is 3.50. The van der Waals surface area contributed by atoms with E-state index in [2.05, 4.69) is 4.98 Å². The first-order valence-corrected chi connectivity index (χ1v) is 11.8. The molecule has 1 aliphatic heterocycles. The lowest BCUT2D eigenvalue weighted by molar-refractivity contribution is -0.159. The van der Waals surface area contributed by atoms with Crippen LogP contribution < -0.4 is 11.4 Å². The van der Waals surface area contributed by atoms with Gasteiger partial charge in [0.05, 0.1) is 24.8 Å². The van der Waals surface area contributed by atoms with Crippen LogP contribution in [-0.2, 0) is 37.0 Å². The fourth-order valence-electron chi connectivity index (χ4n) is 4.17. The largest absolute Gasteiger partial charge is 0.455 e. The van der Waals surface area contributed by atoms with Gasteiger partial charge in [-0.05, 0) is 18.1 Å². The number of halogens is 1. The molecule has 1 saturated heterocycles. The van der Waals surface area contributed by atoms with E-state index >= 15 is 0 Å². The number of carbonyl (C=O) groups excluding carboxylic acids is 1. The zero-order valence-corrected chi connectivity index (χ0v) is 20.8. The van der Waals surface area contributed by atoms with Gasteiger partial charge in [-0.2, -0.15) is 4.98 Å². The van der Waals surface area contributed by atoms with Gasteiger partial charge in [-0.1, -0.05) is 72.3 Å². The van der Waals surface area contributed by atoms with Crippen LogP contribution in [0.15, 0.2) is 71.7 Å². The van der Waals surface area contributed by atoms with Crippen LogP contribution in [0, 0.1) is 0 Å². The lowest BCUT2D eigenvalue weighted by Crippen LogP contribution is -2.47. The minimum atomic E-state index is -1.10. The highest BCUT2D eigenvalue weighted by Crippen LogP contribution is 2.41. The van der Waals surface area contributed by atoms with Crippen molar-refractivity contribution in [3.05, 3.63) is 93.5 Å². The van der Waals surface area contributed by atoms with Gasteiger partial charge in [-0.3, -0.25) is 9.36 Å². The lowest BCUT2D eigenvalue weighted by atomic mass is 9.97. The number of aromatic nitrogens is 2. The summed E-state index contributed by atoms with van der Waals surface area (Å²) in [6.07, 6.45) is -1.53. The Kier molecular flexibility index (Phi) is 8.05. The molecule has 3 aromatic rings. The van der Waals surface area contributed by atoms with E-state index in [0.29, 0.717) is 6.61 Å². The van der Waals surface area contributed by atoms with E-state index in [4.69, 9.17) is 36.3 Å². The number of nitrogen functional groups attached to an aromatic ring is 1. The lowest BCUT2D eigenvalue weighted by Gasteiger charge is -2.31. The normalized spacial score (nSPS) is 23.5. The van der Waals surface area contributed by atoms with Gasteiger partial charge in [0.1, 0.15) is 17.5 Å². The molecule has 0 amide bonds. The molecule has 0 aliphatic carbocycles. The van der Waals surface area contributed by atoms with Gasteiger partial charge in [0.2, 0.25) is 0 Å². The summed E-state index contributed by atoms with van der Waals surface area (Å²) in [7, 11) is 0. The molecule has 2 N–H and O–H groups in total. The molecule has 0 spiro atoms. The summed E-state index contributed by atoms with van der Waals surface area (Å²) in [4.78, 5) is 28.6. The molecule has 10 heteroatoms. The van der Waals surface area contributed by atoms with Crippen molar-refractivity contribution >= 4 is 23.4 Å². The molecule has 36 heavy (non-hydrogen) atoms. The Morgan fingerprint density at radius 1 is 1.11 bits per heavy atom. The number of anilines is 1. The third kappa shape index (κ3) is 5.93. The van der Waals surface area contributed by atoms with Crippen LogP contribution >= 0.6 is 11.6 Å². The number of carbonyl (C=O) groups is 1. The van der Waals surface area contributed by atoms with Gasteiger partial charge in [-0.15, -0.1) is 0 Å². The summed E-state index contributed by atoms with van der Waals surface area (Å²) in [5, 5.41) is 0.0652. The van der Waals surface area contributed by atoms with Crippen molar-refractivity contribution < 1.29 is 23.7 Å². The Labute approximate surface area is 213 Å². The molecule has 0 saturated carbocycles. The van der Waals surface area contributed by atoms with Crippen molar-refractivity contribution in [3.8, 4) is 0 Å². The fraction of sp³-hybridized carbons (Fsp3) is 0.346. The van der Waals surface area contributed by atoms with E-state index in [1.807, 2.05) is 60.7 Å². The van der Waals surface area contributed by atoms with E-state index < -0.39 is 35.7 Å². The first-order valence-electron chi connectivity index (χ1n) is 11.4. The quantitative estimate of drug-likeness (QED) is 0.432. The molecule has 0 radical (unpaired) electrons. The number of nitrogens with zero attached hydrogens (tertiary/aromatic N) is 2. The third-order valence-electron chi connectivity index (χ3n) is 5.85. The molecule has 4 rings (SSSR count). The van der Waals surface area contributed by atoms with E-state index in [1.54, 1.807) is 6.92 Å². The topological polar surface area (TPSA) is 115 Å². The maximum atomic E-state index is 12.7. The van der Waals surface area contributed by atoms with Gasteiger partial charge in [0.25, 0.3) is 0 Å². The summed E-state index contributed by atoms with van der Waals surface area (Å²) in [5.74, 6) is -0.662. The van der Waals surface area contributed by atoms with Crippen LogP contribution in [0.1, 0.15) is 31.2 Å². The second-order valence-corrected chi connectivity index (χ2v) is 9.16. The molecule has 4 atom stereocenters.